The number of halogens is 1. The van der Waals surface area contributed by atoms with Crippen LogP contribution >= 0.6 is 15.9 Å². The van der Waals surface area contributed by atoms with Crippen LogP contribution in [-0.2, 0) is 6.42 Å². The summed E-state index contributed by atoms with van der Waals surface area (Å²) in [6.07, 6.45) is 6.08. The van der Waals surface area contributed by atoms with Gasteiger partial charge < -0.3 is 0 Å². The Morgan fingerprint density at radius 2 is 2.12 bits per heavy atom. The number of rotatable bonds is 4. The molecule has 0 N–H and O–H groups in total. The lowest BCUT2D eigenvalue weighted by molar-refractivity contribution is 0.821. The first-order valence-corrected chi connectivity index (χ1v) is 6.73. The second kappa shape index (κ2) is 5.40. The Morgan fingerprint density at radius 1 is 1.29 bits per heavy atom. The molecule has 0 aliphatic rings. The van der Waals surface area contributed by atoms with Gasteiger partial charge in [-0.15, -0.1) is 0 Å². The van der Waals surface area contributed by atoms with Crippen LogP contribution in [0.5, 0.6) is 0 Å². The standard InChI is InChI=1S/C12H15BrN4/c1-9-6-12(16-10(2)15-9)17-8-11(7-14-17)4-3-5-13/h6-8H,3-5H2,1-2H3. The smallest absolute Gasteiger partial charge is 0.157 e. The van der Waals surface area contributed by atoms with Gasteiger partial charge in [0.1, 0.15) is 5.82 Å². The molecule has 0 unspecified atom stereocenters. The van der Waals surface area contributed by atoms with Crippen LogP contribution in [-0.4, -0.2) is 25.1 Å². The van der Waals surface area contributed by atoms with Crippen LogP contribution in [0.15, 0.2) is 18.5 Å². The van der Waals surface area contributed by atoms with Crippen LogP contribution < -0.4 is 0 Å². The summed E-state index contributed by atoms with van der Waals surface area (Å²) in [4.78, 5) is 8.64. The monoisotopic (exact) mass is 294 g/mol. The van der Waals surface area contributed by atoms with Gasteiger partial charge in [-0.3, -0.25) is 0 Å². The van der Waals surface area contributed by atoms with E-state index in [9.17, 15) is 0 Å². The molecule has 2 rings (SSSR count). The molecule has 0 amide bonds. The van der Waals surface area contributed by atoms with E-state index in [1.807, 2.05) is 37.0 Å². The van der Waals surface area contributed by atoms with Crippen molar-refractivity contribution in [2.45, 2.75) is 26.7 Å². The quantitative estimate of drug-likeness (QED) is 0.814. The lowest BCUT2D eigenvalue weighted by Gasteiger charge is -2.02. The van der Waals surface area contributed by atoms with Crippen molar-refractivity contribution in [3.8, 4) is 5.82 Å². The fourth-order valence-corrected chi connectivity index (χ4v) is 1.98. The molecule has 0 saturated heterocycles. The predicted octanol–water partition coefficient (Wildman–Crippen LogP) is 2.61. The largest absolute Gasteiger partial charge is 0.238 e. The molecule has 2 aromatic rings. The molecular formula is C12H15BrN4. The van der Waals surface area contributed by atoms with Gasteiger partial charge in [-0.05, 0) is 32.3 Å². The highest BCUT2D eigenvalue weighted by molar-refractivity contribution is 9.09. The summed E-state index contributed by atoms with van der Waals surface area (Å²) < 4.78 is 1.81. The molecule has 0 aromatic carbocycles. The molecule has 0 saturated carbocycles. The molecule has 17 heavy (non-hydrogen) atoms. The number of aryl methyl sites for hydroxylation is 3. The summed E-state index contributed by atoms with van der Waals surface area (Å²) in [5.74, 6) is 1.61. The highest BCUT2D eigenvalue weighted by Crippen LogP contribution is 2.09. The topological polar surface area (TPSA) is 43.6 Å². The number of hydrogen-bond donors (Lipinski definition) is 0. The number of aromatic nitrogens is 4. The molecule has 0 spiro atoms. The van der Waals surface area contributed by atoms with E-state index >= 15 is 0 Å². The maximum absolute atomic E-state index is 4.38. The van der Waals surface area contributed by atoms with E-state index in [-0.39, 0.29) is 0 Å². The van der Waals surface area contributed by atoms with Gasteiger partial charge in [0, 0.05) is 23.3 Å². The minimum Gasteiger partial charge on any atom is -0.238 e. The average molecular weight is 295 g/mol. The van der Waals surface area contributed by atoms with Crippen molar-refractivity contribution in [1.29, 1.82) is 0 Å². The summed E-state index contributed by atoms with van der Waals surface area (Å²) in [5.41, 5.74) is 2.20. The van der Waals surface area contributed by atoms with Gasteiger partial charge in [-0.1, -0.05) is 15.9 Å². The second-order valence-corrected chi connectivity index (χ2v) is 4.79. The zero-order chi connectivity index (χ0) is 12.3. The van der Waals surface area contributed by atoms with Crippen molar-refractivity contribution < 1.29 is 0 Å². The summed E-state index contributed by atoms with van der Waals surface area (Å²) >= 11 is 3.43. The van der Waals surface area contributed by atoms with Gasteiger partial charge in [-0.2, -0.15) is 5.10 Å². The Hall–Kier alpha value is -1.23. The predicted molar refractivity (Wildman–Crippen MR) is 70.7 cm³/mol. The van der Waals surface area contributed by atoms with E-state index in [0.717, 1.165) is 35.5 Å². The Labute approximate surface area is 109 Å². The molecule has 0 radical (unpaired) electrons. The number of nitrogens with zero attached hydrogens (tertiary/aromatic N) is 4. The normalized spacial score (nSPS) is 10.8. The Bertz CT molecular complexity index is 487. The van der Waals surface area contributed by atoms with Gasteiger partial charge in [-0.25, -0.2) is 14.6 Å². The molecule has 0 aliphatic heterocycles. The number of alkyl halides is 1. The lowest BCUT2D eigenvalue weighted by atomic mass is 10.2. The summed E-state index contributed by atoms with van der Waals surface area (Å²) in [6.45, 7) is 3.86. The van der Waals surface area contributed by atoms with Gasteiger partial charge in [0.2, 0.25) is 0 Å². The number of hydrogen-bond acceptors (Lipinski definition) is 3. The van der Waals surface area contributed by atoms with Crippen molar-refractivity contribution in [1.82, 2.24) is 19.7 Å². The zero-order valence-corrected chi connectivity index (χ0v) is 11.6. The molecule has 0 bridgehead atoms. The second-order valence-electron chi connectivity index (χ2n) is 4.00. The minimum atomic E-state index is 0.775. The summed E-state index contributed by atoms with van der Waals surface area (Å²) in [7, 11) is 0. The van der Waals surface area contributed by atoms with Crippen molar-refractivity contribution in [3.05, 3.63) is 35.5 Å². The fourth-order valence-electron chi connectivity index (χ4n) is 1.70. The van der Waals surface area contributed by atoms with E-state index in [0.29, 0.717) is 0 Å². The van der Waals surface area contributed by atoms with Crippen LogP contribution in [0, 0.1) is 13.8 Å². The molecule has 0 atom stereocenters. The van der Waals surface area contributed by atoms with E-state index < -0.39 is 0 Å². The average Bonchev–Trinajstić information content (AvgIpc) is 2.73. The summed E-state index contributed by atoms with van der Waals surface area (Å²) in [6, 6.07) is 1.94. The van der Waals surface area contributed by atoms with Crippen LogP contribution in [0.3, 0.4) is 0 Å². The van der Waals surface area contributed by atoms with Crippen molar-refractivity contribution in [2.75, 3.05) is 5.33 Å². The van der Waals surface area contributed by atoms with Crippen molar-refractivity contribution >= 4 is 15.9 Å². The van der Waals surface area contributed by atoms with E-state index in [1.165, 1.54) is 5.56 Å². The molecule has 0 aliphatic carbocycles. The van der Waals surface area contributed by atoms with Gasteiger partial charge in [0.25, 0.3) is 0 Å². The molecule has 0 fully saturated rings. The molecule has 2 heterocycles. The highest BCUT2D eigenvalue weighted by atomic mass is 79.9. The Morgan fingerprint density at radius 3 is 2.82 bits per heavy atom. The van der Waals surface area contributed by atoms with Crippen molar-refractivity contribution in [2.24, 2.45) is 0 Å². The maximum atomic E-state index is 4.38. The van der Waals surface area contributed by atoms with Crippen LogP contribution in [0.25, 0.3) is 5.82 Å². The molecule has 5 heteroatoms. The fraction of sp³-hybridized carbons (Fsp3) is 0.417. The summed E-state index contributed by atoms with van der Waals surface area (Å²) in [5, 5.41) is 5.35. The third kappa shape index (κ3) is 3.12. The van der Waals surface area contributed by atoms with Crippen LogP contribution in [0.1, 0.15) is 23.5 Å². The lowest BCUT2D eigenvalue weighted by Crippen LogP contribution is -2.02. The van der Waals surface area contributed by atoms with Crippen molar-refractivity contribution in [3.63, 3.8) is 0 Å². The molecule has 4 nitrogen and oxygen atoms in total. The maximum Gasteiger partial charge on any atom is 0.157 e. The van der Waals surface area contributed by atoms with Gasteiger partial charge in [0.05, 0.1) is 6.20 Å². The van der Waals surface area contributed by atoms with Crippen LogP contribution in [0.4, 0.5) is 0 Å². The van der Waals surface area contributed by atoms with E-state index in [1.54, 1.807) is 0 Å². The van der Waals surface area contributed by atoms with Gasteiger partial charge >= 0.3 is 0 Å². The van der Waals surface area contributed by atoms with E-state index in [4.69, 9.17) is 0 Å². The molecule has 2 aromatic heterocycles. The van der Waals surface area contributed by atoms with Crippen LogP contribution in [0.2, 0.25) is 0 Å². The highest BCUT2D eigenvalue weighted by Gasteiger charge is 2.04. The Balaban J connectivity index is 2.24. The molecule has 90 valence electrons. The first kappa shape index (κ1) is 12.2. The minimum absolute atomic E-state index is 0.775. The Kier molecular flexibility index (Phi) is 3.89. The first-order chi connectivity index (χ1) is 8.19. The van der Waals surface area contributed by atoms with E-state index in [2.05, 4.69) is 31.0 Å². The first-order valence-electron chi connectivity index (χ1n) is 5.61. The third-order valence-corrected chi connectivity index (χ3v) is 2.98. The SMILES string of the molecule is Cc1cc(-n2cc(CCCBr)cn2)nc(C)n1. The third-order valence-electron chi connectivity index (χ3n) is 2.42. The molecular weight excluding hydrogens is 280 g/mol. The zero-order valence-electron chi connectivity index (χ0n) is 10.0. The van der Waals surface area contributed by atoms with Gasteiger partial charge in [0.15, 0.2) is 5.82 Å².